The lowest BCUT2D eigenvalue weighted by Crippen LogP contribution is -2.40. The lowest BCUT2D eigenvalue weighted by molar-refractivity contribution is -0.119. The van der Waals surface area contributed by atoms with Gasteiger partial charge >= 0.3 is 0 Å². The van der Waals surface area contributed by atoms with Crippen molar-refractivity contribution in [1.29, 1.82) is 0 Å². The minimum absolute atomic E-state index is 0.0207. The number of hydrogen-bond acceptors (Lipinski definition) is 5. The number of carbonyl (C=O) groups is 1. The first kappa shape index (κ1) is 21.3. The highest BCUT2D eigenvalue weighted by atomic mass is 32.2. The number of nitrogens with zero attached hydrogens (tertiary/aromatic N) is 2. The molecule has 1 heterocycles. The zero-order valence-corrected chi connectivity index (χ0v) is 17.0. The number of anilines is 1. The van der Waals surface area contributed by atoms with Crippen molar-refractivity contribution in [2.45, 2.75) is 11.4 Å². The lowest BCUT2D eigenvalue weighted by atomic mass is 10.3. The normalized spacial score (nSPS) is 11.0. The second kappa shape index (κ2) is 9.36. The number of amides is 1. The fourth-order valence-electron chi connectivity index (χ4n) is 2.69. The third kappa shape index (κ3) is 5.12. The second-order valence-corrected chi connectivity index (χ2v) is 8.16. The van der Waals surface area contributed by atoms with Crippen molar-refractivity contribution in [1.82, 2.24) is 10.3 Å². The molecule has 0 saturated carbocycles. The monoisotopic (exact) mass is 429 g/mol. The van der Waals surface area contributed by atoms with Gasteiger partial charge in [0.25, 0.3) is 10.0 Å². The maximum atomic E-state index is 13.4. The van der Waals surface area contributed by atoms with Gasteiger partial charge in [-0.25, -0.2) is 12.8 Å². The summed E-state index contributed by atoms with van der Waals surface area (Å²) in [6, 6.07) is 14.2. The van der Waals surface area contributed by atoms with E-state index in [-0.39, 0.29) is 17.1 Å². The number of methoxy groups -OCH3 is 1. The third-order valence-electron chi connectivity index (χ3n) is 4.26. The average molecular weight is 429 g/mol. The van der Waals surface area contributed by atoms with Crippen molar-refractivity contribution in [2.24, 2.45) is 0 Å². The summed E-state index contributed by atoms with van der Waals surface area (Å²) < 4.78 is 45.8. The highest BCUT2D eigenvalue weighted by Gasteiger charge is 2.27. The average Bonchev–Trinajstić information content (AvgIpc) is 2.77. The SMILES string of the molecule is COc1ccc(S(=O)(=O)N(CC(=O)NCc2cccnc2)c2ccc(F)cc2)cc1. The molecule has 0 saturated heterocycles. The molecule has 0 fully saturated rings. The highest BCUT2D eigenvalue weighted by Crippen LogP contribution is 2.25. The van der Waals surface area contributed by atoms with Gasteiger partial charge in [-0.2, -0.15) is 0 Å². The Morgan fingerprint density at radius 1 is 1.10 bits per heavy atom. The zero-order chi connectivity index (χ0) is 21.6. The van der Waals surface area contributed by atoms with E-state index in [1.165, 1.54) is 43.5 Å². The molecule has 0 aliphatic carbocycles. The molecule has 0 aliphatic heterocycles. The van der Waals surface area contributed by atoms with E-state index in [0.29, 0.717) is 5.75 Å². The molecular weight excluding hydrogens is 409 g/mol. The number of sulfonamides is 1. The van der Waals surface area contributed by atoms with Crippen molar-refractivity contribution >= 4 is 21.6 Å². The lowest BCUT2D eigenvalue weighted by Gasteiger charge is -2.24. The predicted molar refractivity (Wildman–Crippen MR) is 110 cm³/mol. The molecule has 0 radical (unpaired) electrons. The molecule has 1 N–H and O–H groups in total. The largest absolute Gasteiger partial charge is 0.497 e. The molecule has 3 rings (SSSR count). The van der Waals surface area contributed by atoms with Gasteiger partial charge in [-0.15, -0.1) is 0 Å². The molecule has 0 bridgehead atoms. The molecule has 7 nitrogen and oxygen atoms in total. The Morgan fingerprint density at radius 3 is 2.40 bits per heavy atom. The van der Waals surface area contributed by atoms with Crippen LogP contribution >= 0.6 is 0 Å². The fourth-order valence-corrected chi connectivity index (χ4v) is 4.11. The molecule has 156 valence electrons. The quantitative estimate of drug-likeness (QED) is 0.595. The van der Waals surface area contributed by atoms with Crippen LogP contribution in [0, 0.1) is 5.82 Å². The number of hydrogen-bond donors (Lipinski definition) is 1. The summed E-state index contributed by atoms with van der Waals surface area (Å²) >= 11 is 0. The summed E-state index contributed by atoms with van der Waals surface area (Å²) in [5.74, 6) is -0.529. The molecule has 1 amide bonds. The number of pyridine rings is 1. The first-order chi connectivity index (χ1) is 14.4. The first-order valence-corrected chi connectivity index (χ1v) is 10.4. The van der Waals surface area contributed by atoms with E-state index >= 15 is 0 Å². The predicted octanol–water partition coefficient (Wildman–Crippen LogP) is 2.74. The van der Waals surface area contributed by atoms with E-state index in [1.807, 2.05) is 0 Å². The summed E-state index contributed by atoms with van der Waals surface area (Å²) in [7, 11) is -2.61. The van der Waals surface area contributed by atoms with Crippen LogP contribution in [0.2, 0.25) is 0 Å². The molecule has 0 spiro atoms. The van der Waals surface area contributed by atoms with Crippen LogP contribution < -0.4 is 14.4 Å². The smallest absolute Gasteiger partial charge is 0.264 e. The van der Waals surface area contributed by atoms with E-state index in [0.717, 1.165) is 22.0 Å². The molecule has 30 heavy (non-hydrogen) atoms. The standard InChI is InChI=1S/C21H20FN3O4S/c1-29-19-8-10-20(11-9-19)30(27,28)25(18-6-4-17(22)5-7-18)15-21(26)24-14-16-3-2-12-23-13-16/h2-13H,14-15H2,1H3,(H,24,26). The van der Waals surface area contributed by atoms with Crippen LogP contribution in [-0.4, -0.2) is 33.0 Å². The van der Waals surface area contributed by atoms with Crippen LogP contribution in [-0.2, 0) is 21.4 Å². The molecular formula is C21H20FN3O4S. The third-order valence-corrected chi connectivity index (χ3v) is 6.05. The van der Waals surface area contributed by atoms with Crippen molar-refractivity contribution in [3.63, 3.8) is 0 Å². The van der Waals surface area contributed by atoms with Crippen molar-refractivity contribution in [2.75, 3.05) is 18.0 Å². The van der Waals surface area contributed by atoms with Gasteiger partial charge in [0.1, 0.15) is 18.1 Å². The van der Waals surface area contributed by atoms with Gasteiger partial charge < -0.3 is 10.1 Å². The van der Waals surface area contributed by atoms with Crippen LogP contribution in [0.15, 0.2) is 78.0 Å². The summed E-state index contributed by atoms with van der Waals surface area (Å²) in [5, 5.41) is 2.67. The van der Waals surface area contributed by atoms with E-state index < -0.39 is 28.3 Å². The summed E-state index contributed by atoms with van der Waals surface area (Å²) in [6.45, 7) is -0.271. The molecule has 9 heteroatoms. The Bertz CT molecular complexity index is 1090. The minimum atomic E-state index is -4.09. The van der Waals surface area contributed by atoms with Gasteiger partial charge in [0.2, 0.25) is 5.91 Å². The molecule has 0 aliphatic rings. The summed E-state index contributed by atoms with van der Waals surface area (Å²) in [6.07, 6.45) is 3.22. The van der Waals surface area contributed by atoms with Crippen molar-refractivity contribution < 1.29 is 22.3 Å². The van der Waals surface area contributed by atoms with Crippen LogP contribution in [0.4, 0.5) is 10.1 Å². The van der Waals surface area contributed by atoms with Crippen LogP contribution in [0.1, 0.15) is 5.56 Å². The Morgan fingerprint density at radius 2 is 1.80 bits per heavy atom. The van der Waals surface area contributed by atoms with Crippen LogP contribution in [0.3, 0.4) is 0 Å². The van der Waals surface area contributed by atoms with Gasteiger partial charge in [-0.05, 0) is 60.2 Å². The second-order valence-electron chi connectivity index (χ2n) is 6.30. The number of carbonyl (C=O) groups excluding carboxylic acids is 1. The maximum Gasteiger partial charge on any atom is 0.264 e. The molecule has 2 aromatic carbocycles. The summed E-state index contributed by atoms with van der Waals surface area (Å²) in [5.41, 5.74) is 0.945. The molecule has 1 aromatic heterocycles. The maximum absolute atomic E-state index is 13.4. The fraction of sp³-hybridized carbons (Fsp3) is 0.143. The van der Waals surface area contributed by atoms with Gasteiger partial charge in [0.15, 0.2) is 0 Å². The number of halogens is 1. The van der Waals surface area contributed by atoms with E-state index in [1.54, 1.807) is 24.5 Å². The van der Waals surface area contributed by atoms with Gasteiger partial charge in [-0.1, -0.05) is 6.07 Å². The van der Waals surface area contributed by atoms with Gasteiger partial charge in [0.05, 0.1) is 17.7 Å². The Balaban J connectivity index is 1.86. The van der Waals surface area contributed by atoms with Gasteiger partial charge in [0, 0.05) is 18.9 Å². The Hall–Kier alpha value is -3.46. The molecule has 3 aromatic rings. The van der Waals surface area contributed by atoms with Crippen molar-refractivity contribution in [3.05, 3.63) is 84.4 Å². The topological polar surface area (TPSA) is 88.6 Å². The zero-order valence-electron chi connectivity index (χ0n) is 16.2. The Labute approximate surface area is 174 Å². The Kier molecular flexibility index (Phi) is 6.63. The molecule has 0 unspecified atom stereocenters. The van der Waals surface area contributed by atoms with Crippen LogP contribution in [0.5, 0.6) is 5.75 Å². The molecule has 0 atom stereocenters. The van der Waals surface area contributed by atoms with Gasteiger partial charge in [-0.3, -0.25) is 14.1 Å². The first-order valence-electron chi connectivity index (χ1n) is 8.98. The number of ether oxygens (including phenoxy) is 1. The number of benzene rings is 2. The minimum Gasteiger partial charge on any atom is -0.497 e. The van der Waals surface area contributed by atoms with Crippen molar-refractivity contribution in [3.8, 4) is 5.75 Å². The number of rotatable bonds is 8. The van der Waals surface area contributed by atoms with Crippen LogP contribution in [0.25, 0.3) is 0 Å². The van der Waals surface area contributed by atoms with E-state index in [4.69, 9.17) is 4.74 Å². The van der Waals surface area contributed by atoms with E-state index in [9.17, 15) is 17.6 Å². The number of aromatic nitrogens is 1. The van der Waals surface area contributed by atoms with E-state index in [2.05, 4.69) is 10.3 Å². The highest BCUT2D eigenvalue weighted by molar-refractivity contribution is 7.92. The summed E-state index contributed by atoms with van der Waals surface area (Å²) in [4.78, 5) is 16.5. The number of nitrogens with one attached hydrogen (secondary N) is 1.